The number of nitrogens with one attached hydrogen (secondary N) is 2. The lowest BCUT2D eigenvalue weighted by Crippen LogP contribution is -2.20. The summed E-state index contributed by atoms with van der Waals surface area (Å²) in [6.07, 6.45) is 5.67. The summed E-state index contributed by atoms with van der Waals surface area (Å²) >= 11 is 0. The van der Waals surface area contributed by atoms with Crippen LogP contribution in [-0.4, -0.2) is 16.5 Å². The lowest BCUT2D eigenvalue weighted by Gasteiger charge is -2.18. The lowest BCUT2D eigenvalue weighted by atomic mass is 9.98. The Balaban J connectivity index is 1.70. The van der Waals surface area contributed by atoms with Crippen LogP contribution in [0.5, 0.6) is 0 Å². The van der Waals surface area contributed by atoms with E-state index >= 15 is 0 Å². The monoisotopic (exact) mass is 261 g/mol. The Hall–Kier alpha value is -1.36. The Bertz CT molecular complexity index is 453. The molecule has 0 bridgehead atoms. The van der Waals surface area contributed by atoms with Crippen LogP contribution in [0.4, 0.5) is 11.6 Å². The molecule has 3 rings (SSSR count). The van der Waals surface area contributed by atoms with Gasteiger partial charge in [-0.3, -0.25) is 0 Å². The van der Waals surface area contributed by atoms with Gasteiger partial charge < -0.3 is 10.7 Å². The smallest absolute Gasteiger partial charge is 0.148 e. The van der Waals surface area contributed by atoms with Gasteiger partial charge in [-0.15, -0.1) is 0 Å². The summed E-state index contributed by atoms with van der Waals surface area (Å²) in [6, 6.07) is 0. The first-order valence-corrected chi connectivity index (χ1v) is 7.24. The standard InChI is InChI=1S/C14H23N5/c1-8-13(17-9(2)18-14(8)19-15)16-7-12(10-3-4-10)11-5-6-11/h10-12H,3-7,15H2,1-2H3,(H2,16,17,18,19). The van der Waals surface area contributed by atoms with Gasteiger partial charge in [0.25, 0.3) is 0 Å². The lowest BCUT2D eigenvalue weighted by molar-refractivity contribution is 0.427. The van der Waals surface area contributed by atoms with E-state index in [-0.39, 0.29) is 0 Å². The fourth-order valence-electron chi connectivity index (χ4n) is 2.92. The molecule has 4 N–H and O–H groups in total. The number of nitrogen functional groups attached to an aromatic ring is 1. The topological polar surface area (TPSA) is 75.9 Å². The van der Waals surface area contributed by atoms with Crippen LogP contribution in [0.25, 0.3) is 0 Å². The minimum Gasteiger partial charge on any atom is -0.369 e. The van der Waals surface area contributed by atoms with Crippen molar-refractivity contribution in [1.82, 2.24) is 9.97 Å². The zero-order valence-corrected chi connectivity index (χ0v) is 11.7. The average Bonchev–Trinajstić information content (AvgIpc) is 3.26. The van der Waals surface area contributed by atoms with Crippen molar-refractivity contribution in [2.45, 2.75) is 39.5 Å². The highest BCUT2D eigenvalue weighted by atomic mass is 15.3. The van der Waals surface area contributed by atoms with Crippen molar-refractivity contribution < 1.29 is 0 Å². The van der Waals surface area contributed by atoms with Gasteiger partial charge in [0.05, 0.1) is 0 Å². The fourth-order valence-corrected chi connectivity index (χ4v) is 2.92. The molecule has 2 saturated carbocycles. The number of rotatable bonds is 6. The highest BCUT2D eigenvalue weighted by Gasteiger charge is 2.41. The average molecular weight is 261 g/mol. The molecule has 0 radical (unpaired) electrons. The summed E-state index contributed by atoms with van der Waals surface area (Å²) in [4.78, 5) is 8.78. The van der Waals surface area contributed by atoms with E-state index in [1.807, 2.05) is 13.8 Å². The van der Waals surface area contributed by atoms with Crippen LogP contribution >= 0.6 is 0 Å². The Morgan fingerprint density at radius 1 is 1.11 bits per heavy atom. The zero-order valence-electron chi connectivity index (χ0n) is 11.7. The summed E-state index contributed by atoms with van der Waals surface area (Å²) in [5.74, 6) is 10.6. The van der Waals surface area contributed by atoms with Gasteiger partial charge in [-0.2, -0.15) is 0 Å². The summed E-state index contributed by atoms with van der Waals surface area (Å²) in [5, 5.41) is 3.52. The highest BCUT2D eigenvalue weighted by Crippen LogP contribution is 2.49. The summed E-state index contributed by atoms with van der Waals surface area (Å²) in [6.45, 7) is 4.93. The van der Waals surface area contributed by atoms with Gasteiger partial charge in [0, 0.05) is 12.1 Å². The summed E-state index contributed by atoms with van der Waals surface area (Å²) in [5.41, 5.74) is 3.64. The van der Waals surface area contributed by atoms with Crippen molar-refractivity contribution in [2.75, 3.05) is 17.3 Å². The Morgan fingerprint density at radius 2 is 1.68 bits per heavy atom. The number of aryl methyl sites for hydroxylation is 1. The van der Waals surface area contributed by atoms with E-state index < -0.39 is 0 Å². The number of aromatic nitrogens is 2. The van der Waals surface area contributed by atoms with Crippen molar-refractivity contribution in [3.05, 3.63) is 11.4 Å². The maximum absolute atomic E-state index is 5.49. The summed E-state index contributed by atoms with van der Waals surface area (Å²) in [7, 11) is 0. The molecule has 2 aliphatic carbocycles. The fraction of sp³-hybridized carbons (Fsp3) is 0.714. The van der Waals surface area contributed by atoms with E-state index in [1.165, 1.54) is 25.7 Å². The van der Waals surface area contributed by atoms with Crippen molar-refractivity contribution in [3.63, 3.8) is 0 Å². The Kier molecular flexibility index (Phi) is 3.31. The second-order valence-corrected chi connectivity index (χ2v) is 5.96. The first-order chi connectivity index (χ1) is 9.19. The normalized spacial score (nSPS) is 18.7. The molecular formula is C14H23N5. The molecule has 2 aliphatic rings. The van der Waals surface area contributed by atoms with Crippen molar-refractivity contribution in [3.8, 4) is 0 Å². The first-order valence-electron chi connectivity index (χ1n) is 7.24. The minimum absolute atomic E-state index is 0.712. The zero-order chi connectivity index (χ0) is 13.4. The van der Waals surface area contributed by atoms with E-state index in [2.05, 4.69) is 20.7 Å². The van der Waals surface area contributed by atoms with E-state index in [0.717, 1.165) is 41.5 Å². The molecule has 0 spiro atoms. The molecule has 0 amide bonds. The predicted octanol–water partition coefficient (Wildman–Crippen LogP) is 2.23. The van der Waals surface area contributed by atoms with E-state index in [4.69, 9.17) is 5.84 Å². The van der Waals surface area contributed by atoms with Crippen LogP contribution in [-0.2, 0) is 0 Å². The second-order valence-electron chi connectivity index (χ2n) is 5.96. The SMILES string of the molecule is Cc1nc(NN)c(C)c(NCC(C2CC2)C2CC2)n1. The maximum atomic E-state index is 5.49. The van der Waals surface area contributed by atoms with E-state index in [9.17, 15) is 0 Å². The van der Waals surface area contributed by atoms with Gasteiger partial charge in [-0.1, -0.05) is 0 Å². The number of anilines is 2. The van der Waals surface area contributed by atoms with Crippen LogP contribution in [0.15, 0.2) is 0 Å². The molecule has 5 nitrogen and oxygen atoms in total. The molecule has 19 heavy (non-hydrogen) atoms. The molecule has 0 aromatic carbocycles. The van der Waals surface area contributed by atoms with Crippen LogP contribution in [0.1, 0.15) is 37.1 Å². The van der Waals surface area contributed by atoms with Crippen LogP contribution < -0.4 is 16.6 Å². The second kappa shape index (κ2) is 4.96. The predicted molar refractivity (Wildman–Crippen MR) is 76.7 cm³/mol. The number of nitrogens with two attached hydrogens (primary N) is 1. The minimum atomic E-state index is 0.712. The molecule has 104 valence electrons. The number of hydrogen-bond donors (Lipinski definition) is 3. The third-order valence-electron chi connectivity index (χ3n) is 4.35. The molecule has 0 atom stereocenters. The maximum Gasteiger partial charge on any atom is 0.148 e. The Morgan fingerprint density at radius 3 is 2.21 bits per heavy atom. The molecule has 1 aromatic rings. The van der Waals surface area contributed by atoms with Crippen molar-refractivity contribution in [2.24, 2.45) is 23.6 Å². The third-order valence-corrected chi connectivity index (χ3v) is 4.35. The van der Waals surface area contributed by atoms with Crippen molar-refractivity contribution >= 4 is 11.6 Å². The van der Waals surface area contributed by atoms with Gasteiger partial charge in [0.2, 0.25) is 0 Å². The largest absolute Gasteiger partial charge is 0.369 e. The van der Waals surface area contributed by atoms with Gasteiger partial charge >= 0.3 is 0 Å². The van der Waals surface area contributed by atoms with Gasteiger partial charge in [0.15, 0.2) is 0 Å². The quantitative estimate of drug-likeness (QED) is 0.541. The molecule has 0 saturated heterocycles. The van der Waals surface area contributed by atoms with Crippen LogP contribution in [0, 0.1) is 31.6 Å². The van der Waals surface area contributed by atoms with Gasteiger partial charge in [0.1, 0.15) is 17.5 Å². The van der Waals surface area contributed by atoms with Gasteiger partial charge in [-0.05, 0) is 57.3 Å². The van der Waals surface area contributed by atoms with E-state index in [0.29, 0.717) is 5.82 Å². The highest BCUT2D eigenvalue weighted by molar-refractivity contribution is 5.56. The number of hydrogen-bond acceptors (Lipinski definition) is 5. The van der Waals surface area contributed by atoms with Gasteiger partial charge in [-0.25, -0.2) is 15.8 Å². The number of nitrogens with zero attached hydrogens (tertiary/aromatic N) is 2. The number of hydrazine groups is 1. The van der Waals surface area contributed by atoms with Crippen LogP contribution in [0.2, 0.25) is 0 Å². The van der Waals surface area contributed by atoms with Crippen molar-refractivity contribution in [1.29, 1.82) is 0 Å². The third kappa shape index (κ3) is 2.81. The molecular weight excluding hydrogens is 238 g/mol. The molecule has 1 heterocycles. The molecule has 5 heteroatoms. The molecule has 2 fully saturated rings. The van der Waals surface area contributed by atoms with E-state index in [1.54, 1.807) is 0 Å². The summed E-state index contributed by atoms with van der Waals surface area (Å²) < 4.78 is 0. The molecule has 1 aromatic heterocycles. The first kappa shape index (κ1) is 12.7. The molecule has 0 unspecified atom stereocenters. The molecule has 0 aliphatic heterocycles. The Labute approximate surface area is 114 Å². The van der Waals surface area contributed by atoms with Crippen LogP contribution in [0.3, 0.4) is 0 Å².